The lowest BCUT2D eigenvalue weighted by Gasteiger charge is -2.40. The normalized spacial score (nSPS) is 18.4. The number of aliphatic hydroxyl groups is 1. The number of nitrogens with two attached hydrogens (primary N) is 1. The number of aryl methyl sites for hydroxylation is 1. The first-order valence-electron chi connectivity index (χ1n) is 13.1. The number of fused-ring (bicyclic) bond motifs is 1. The van der Waals surface area contributed by atoms with Gasteiger partial charge in [0.25, 0.3) is 0 Å². The van der Waals surface area contributed by atoms with Crippen molar-refractivity contribution >= 4 is 17.3 Å². The number of carbonyl (C=O) groups excluding carboxylic acids is 1. The molecule has 3 aromatic rings. The lowest BCUT2D eigenvalue weighted by Crippen LogP contribution is -2.45. The molecule has 0 saturated heterocycles. The monoisotopic (exact) mass is 547 g/mol. The van der Waals surface area contributed by atoms with Crippen LogP contribution in [0.1, 0.15) is 55.6 Å². The minimum Gasteiger partial charge on any atom is -0.391 e. The highest BCUT2D eigenvalue weighted by Gasteiger charge is 2.40. The highest BCUT2D eigenvalue weighted by Crippen LogP contribution is 2.42. The predicted octanol–water partition coefficient (Wildman–Crippen LogP) is 5.96. The second-order valence-electron chi connectivity index (χ2n) is 10.7. The van der Waals surface area contributed by atoms with Crippen molar-refractivity contribution in [3.05, 3.63) is 101 Å². The highest BCUT2D eigenvalue weighted by atomic mass is 19.2. The fraction of sp³-hybridized carbons (Fsp3) is 0.290. The number of hydrazine groups is 1. The van der Waals surface area contributed by atoms with E-state index in [1.165, 1.54) is 5.01 Å². The topological polar surface area (TPSA) is 104 Å². The number of rotatable bonds is 6. The van der Waals surface area contributed by atoms with Gasteiger partial charge in [-0.15, -0.1) is 0 Å². The molecule has 1 aromatic heterocycles. The summed E-state index contributed by atoms with van der Waals surface area (Å²) in [6.45, 7) is 7.50. The minimum absolute atomic E-state index is 0.262. The van der Waals surface area contributed by atoms with Crippen molar-refractivity contribution in [2.45, 2.75) is 51.7 Å². The third kappa shape index (κ3) is 6.05. The maximum absolute atomic E-state index is 14.2. The van der Waals surface area contributed by atoms with Gasteiger partial charge in [0.1, 0.15) is 0 Å². The Labute approximate surface area is 233 Å². The number of aromatic nitrogens is 1. The molecule has 0 spiro atoms. The van der Waals surface area contributed by atoms with E-state index < -0.39 is 35.2 Å². The number of hydrogen-bond acceptors (Lipinski definition) is 5. The molecule has 0 aliphatic heterocycles. The van der Waals surface area contributed by atoms with Gasteiger partial charge in [0, 0.05) is 18.8 Å². The molecule has 0 radical (unpaired) electrons. The van der Waals surface area contributed by atoms with Crippen LogP contribution in [-0.4, -0.2) is 34.3 Å². The summed E-state index contributed by atoms with van der Waals surface area (Å²) in [4.78, 5) is 18.2. The zero-order valence-electron chi connectivity index (χ0n) is 23.3. The second-order valence-corrected chi connectivity index (χ2v) is 10.7. The smallest absolute Gasteiger partial charge is 0.319 e. The van der Waals surface area contributed by atoms with Gasteiger partial charge in [-0.1, -0.05) is 50.3 Å². The van der Waals surface area contributed by atoms with E-state index in [1.54, 1.807) is 13.2 Å². The van der Waals surface area contributed by atoms with Crippen LogP contribution in [0.5, 0.6) is 0 Å². The van der Waals surface area contributed by atoms with Gasteiger partial charge in [0.2, 0.25) is 0 Å². The molecule has 1 heterocycles. The number of carbonyl (C=O) groups is 1. The number of aliphatic hydroxyl groups excluding tert-OH is 1. The summed E-state index contributed by atoms with van der Waals surface area (Å²) in [5.74, 6) is 3.75. The van der Waals surface area contributed by atoms with Gasteiger partial charge >= 0.3 is 6.03 Å². The average molecular weight is 548 g/mol. The average Bonchev–Trinajstić information content (AvgIpc) is 2.89. The third-order valence-electron chi connectivity index (χ3n) is 7.13. The van der Waals surface area contributed by atoms with Crippen LogP contribution >= 0.6 is 0 Å². The molecule has 0 fully saturated rings. The van der Waals surface area contributed by atoms with Crippen LogP contribution in [0.4, 0.5) is 19.3 Å². The summed E-state index contributed by atoms with van der Waals surface area (Å²) in [5, 5.41) is 18.0. The van der Waals surface area contributed by atoms with Gasteiger partial charge < -0.3 is 20.7 Å². The first kappa shape index (κ1) is 28.9. The number of urea groups is 1. The van der Waals surface area contributed by atoms with Gasteiger partial charge in [-0.3, -0.25) is 0 Å². The Morgan fingerprint density at radius 2 is 1.85 bits per heavy atom. The van der Waals surface area contributed by atoms with Crippen LogP contribution in [0.25, 0.3) is 16.8 Å². The van der Waals surface area contributed by atoms with E-state index in [0.717, 1.165) is 34.5 Å². The van der Waals surface area contributed by atoms with Crippen molar-refractivity contribution in [3.8, 4) is 11.3 Å². The molecule has 2 amide bonds. The van der Waals surface area contributed by atoms with Crippen molar-refractivity contribution < 1.29 is 18.7 Å². The Morgan fingerprint density at radius 1 is 1.18 bits per heavy atom. The summed E-state index contributed by atoms with van der Waals surface area (Å²) >= 11 is 0. The fourth-order valence-electron chi connectivity index (χ4n) is 5.16. The second kappa shape index (κ2) is 11.6. The Morgan fingerprint density at radius 3 is 2.50 bits per heavy atom. The van der Waals surface area contributed by atoms with Crippen LogP contribution in [0.3, 0.4) is 0 Å². The number of nitrogens with one attached hydrogen (secondary N) is 2. The fourth-order valence-corrected chi connectivity index (χ4v) is 5.16. The molecule has 7 nitrogen and oxygen atoms in total. The maximum atomic E-state index is 14.2. The summed E-state index contributed by atoms with van der Waals surface area (Å²) in [6.07, 6.45) is 4.77. The summed E-state index contributed by atoms with van der Waals surface area (Å²) in [5.41, 5.74) is 4.46. The Balaban J connectivity index is 1.70. The first-order valence-corrected chi connectivity index (χ1v) is 13.1. The molecular formula is C31H35F2N5O2. The minimum atomic E-state index is -1.03. The SMILES string of the molecule is C/C=C(\C=C/N(C)N)c1nc(-c2ccccc2)c(NC(=O)NC2c3cc(F)c(F)cc3C(C)(C)C[C@H]2O)cc1C. The van der Waals surface area contributed by atoms with E-state index in [9.17, 15) is 18.7 Å². The van der Waals surface area contributed by atoms with E-state index in [2.05, 4.69) is 10.6 Å². The first-order chi connectivity index (χ1) is 18.9. The molecule has 2 atom stereocenters. The standard InChI is InChI=1S/C31H35F2N5O2/c1-6-19(12-13-38(5)34)27-18(2)14-25(28(36-27)20-10-8-7-9-11-20)35-30(40)37-29-21-15-23(32)24(33)16-22(21)31(3,4)17-26(29)39/h6-16,26,29,39H,17,34H2,1-5H3,(H2,35,37,40)/b13-12-,19-6+/t26-,29?/m1/s1. The molecule has 0 bridgehead atoms. The number of benzene rings is 2. The van der Waals surface area contributed by atoms with Crippen molar-refractivity contribution in [3.63, 3.8) is 0 Å². The number of halogens is 2. The predicted molar refractivity (Wildman–Crippen MR) is 154 cm³/mol. The van der Waals surface area contributed by atoms with Gasteiger partial charge in [-0.05, 0) is 72.2 Å². The molecule has 210 valence electrons. The molecule has 40 heavy (non-hydrogen) atoms. The van der Waals surface area contributed by atoms with Crippen LogP contribution in [0, 0.1) is 18.6 Å². The lowest BCUT2D eigenvalue weighted by molar-refractivity contribution is 0.0878. The third-order valence-corrected chi connectivity index (χ3v) is 7.13. The van der Waals surface area contributed by atoms with E-state index in [-0.39, 0.29) is 6.42 Å². The van der Waals surface area contributed by atoms with Crippen LogP contribution < -0.4 is 16.5 Å². The zero-order valence-corrected chi connectivity index (χ0v) is 23.3. The molecule has 1 aliphatic carbocycles. The van der Waals surface area contributed by atoms with E-state index in [1.807, 2.05) is 76.2 Å². The summed E-state index contributed by atoms with van der Waals surface area (Å²) in [6, 6.07) is 11.9. The molecule has 2 aromatic carbocycles. The molecule has 9 heteroatoms. The molecule has 1 unspecified atom stereocenters. The number of allylic oxidation sites excluding steroid dienone is 3. The summed E-state index contributed by atoms with van der Waals surface area (Å²) in [7, 11) is 1.72. The van der Waals surface area contributed by atoms with Crippen molar-refractivity contribution in [2.75, 3.05) is 12.4 Å². The van der Waals surface area contributed by atoms with Gasteiger partial charge in [-0.2, -0.15) is 0 Å². The number of hydrogen-bond donors (Lipinski definition) is 4. The zero-order chi connectivity index (χ0) is 29.2. The lowest BCUT2D eigenvalue weighted by atomic mass is 9.69. The summed E-state index contributed by atoms with van der Waals surface area (Å²) < 4.78 is 28.4. The van der Waals surface area contributed by atoms with E-state index in [4.69, 9.17) is 10.8 Å². The van der Waals surface area contributed by atoms with Crippen LogP contribution in [0.15, 0.2) is 66.9 Å². The van der Waals surface area contributed by atoms with Gasteiger partial charge in [-0.25, -0.2) is 24.4 Å². The van der Waals surface area contributed by atoms with Crippen LogP contribution in [-0.2, 0) is 5.41 Å². The van der Waals surface area contributed by atoms with Gasteiger partial charge in [0.05, 0.1) is 29.2 Å². The molecule has 0 saturated carbocycles. The Kier molecular flexibility index (Phi) is 8.37. The Hall–Kier alpha value is -4.08. The quantitative estimate of drug-likeness (QED) is 0.173. The van der Waals surface area contributed by atoms with Gasteiger partial charge in [0.15, 0.2) is 11.6 Å². The largest absolute Gasteiger partial charge is 0.391 e. The van der Waals surface area contributed by atoms with E-state index in [0.29, 0.717) is 22.5 Å². The molecule has 5 N–H and O–H groups in total. The van der Waals surface area contributed by atoms with Crippen molar-refractivity contribution in [2.24, 2.45) is 5.84 Å². The highest BCUT2D eigenvalue weighted by molar-refractivity contribution is 5.94. The number of amides is 2. The van der Waals surface area contributed by atoms with Crippen molar-refractivity contribution in [1.82, 2.24) is 15.3 Å². The van der Waals surface area contributed by atoms with E-state index >= 15 is 0 Å². The molecule has 4 rings (SSSR count). The number of pyridine rings is 1. The van der Waals surface area contributed by atoms with Crippen LogP contribution in [0.2, 0.25) is 0 Å². The molecule has 1 aliphatic rings. The van der Waals surface area contributed by atoms with Crippen molar-refractivity contribution in [1.29, 1.82) is 0 Å². The molecular weight excluding hydrogens is 512 g/mol. The Bertz CT molecular complexity index is 1470. The maximum Gasteiger partial charge on any atom is 0.319 e. The number of nitrogens with zero attached hydrogens (tertiary/aromatic N) is 2. The number of anilines is 1.